The molecule has 0 saturated carbocycles. The van der Waals surface area contributed by atoms with Crippen molar-refractivity contribution in [2.75, 3.05) is 6.26 Å². The summed E-state index contributed by atoms with van der Waals surface area (Å²) < 4.78 is 29.2. The first-order valence-electron chi connectivity index (χ1n) is 8.61. The second-order valence-electron chi connectivity index (χ2n) is 4.79. The fourth-order valence-corrected chi connectivity index (χ4v) is 2.30. The lowest BCUT2D eigenvalue weighted by Gasteiger charge is -2.10. The fourth-order valence-electron chi connectivity index (χ4n) is 1.90. The summed E-state index contributed by atoms with van der Waals surface area (Å²) in [6, 6.07) is 10.9. The first kappa shape index (κ1) is 27.0. The number of aryl methyl sites for hydroxylation is 1. The van der Waals surface area contributed by atoms with Gasteiger partial charge in [0.05, 0.1) is 5.56 Å². The quantitative estimate of drug-likeness (QED) is 0.814. The number of hydrogen-bond donors (Lipinski definition) is 1. The molecule has 0 fully saturated rings. The van der Waals surface area contributed by atoms with Crippen LogP contribution in [-0.2, 0) is 17.6 Å². The predicted octanol–water partition coefficient (Wildman–Crippen LogP) is 4.21. The summed E-state index contributed by atoms with van der Waals surface area (Å²) in [6.45, 7) is 10.1. The van der Waals surface area contributed by atoms with Crippen molar-refractivity contribution in [2.45, 2.75) is 41.2 Å². The van der Waals surface area contributed by atoms with Crippen LogP contribution < -0.4 is 9.50 Å². The second-order valence-corrected chi connectivity index (χ2v) is 5.76. The van der Waals surface area contributed by atoms with E-state index < -0.39 is 11.1 Å². The molecule has 1 unspecified atom stereocenters. The van der Waals surface area contributed by atoms with Crippen molar-refractivity contribution < 1.29 is 24.5 Å². The maximum Gasteiger partial charge on any atom is 0.255 e. The monoisotopic (exact) mass is 401 g/mol. The Labute approximate surface area is 165 Å². The predicted molar refractivity (Wildman–Crippen MR) is 112 cm³/mol. The lowest BCUT2D eigenvalue weighted by molar-refractivity contribution is 0.0949. The van der Waals surface area contributed by atoms with Crippen LogP contribution in [0.3, 0.4) is 0 Å². The zero-order valence-electron chi connectivity index (χ0n) is 16.8. The highest BCUT2D eigenvalue weighted by Crippen LogP contribution is 2.21. The molecule has 2 aromatic rings. The van der Waals surface area contributed by atoms with Gasteiger partial charge in [-0.3, -0.25) is 4.79 Å². The van der Waals surface area contributed by atoms with Crippen molar-refractivity contribution in [2.24, 2.45) is 0 Å². The minimum absolute atomic E-state index is 0. The van der Waals surface area contributed by atoms with Gasteiger partial charge in [0.1, 0.15) is 5.82 Å². The van der Waals surface area contributed by atoms with Crippen LogP contribution in [-0.4, -0.2) is 21.8 Å². The molecule has 5 nitrogen and oxygen atoms in total. The number of hydrogen-bond acceptors (Lipinski definition) is 3. The molecule has 0 aliphatic heterocycles. The van der Waals surface area contributed by atoms with Gasteiger partial charge in [-0.25, -0.2) is 8.60 Å². The lowest BCUT2D eigenvalue weighted by Crippen LogP contribution is -2.23. The number of carbonyl (C=O) groups excluding carboxylic acids is 1. The molecule has 0 radical (unpaired) electrons. The van der Waals surface area contributed by atoms with Gasteiger partial charge in [0.15, 0.2) is 5.75 Å². The Morgan fingerprint density at radius 3 is 2.19 bits per heavy atom. The molecule has 0 saturated heterocycles. The molecule has 1 atom stereocenters. The smallest absolute Gasteiger partial charge is 0.255 e. The molecule has 3 N–H and O–H groups in total. The normalized spacial score (nSPS) is 10.0. The number of nitrogens with one attached hydrogen (secondary N) is 1. The van der Waals surface area contributed by atoms with E-state index in [0.29, 0.717) is 5.56 Å². The molecule has 1 amide bonds. The molecule has 0 aromatic heterocycles. The van der Waals surface area contributed by atoms with Crippen LogP contribution in [0.2, 0.25) is 0 Å². The minimum atomic E-state index is -1.51. The molecule has 7 heteroatoms. The maximum absolute atomic E-state index is 12.8. The third-order valence-electron chi connectivity index (χ3n) is 2.95. The summed E-state index contributed by atoms with van der Waals surface area (Å²) >= 11 is -1.51. The Balaban J connectivity index is -0.000000978. The highest BCUT2D eigenvalue weighted by atomic mass is 32.2. The molecular formula is C20H32FNO4S. The molecule has 0 aliphatic rings. The van der Waals surface area contributed by atoms with Crippen molar-refractivity contribution in [3.63, 3.8) is 0 Å². The maximum atomic E-state index is 12.8. The molecule has 0 heterocycles. The summed E-state index contributed by atoms with van der Waals surface area (Å²) in [6.07, 6.45) is 1.39. The van der Waals surface area contributed by atoms with E-state index in [1.807, 2.05) is 34.6 Å². The number of benzene rings is 2. The van der Waals surface area contributed by atoms with Crippen LogP contribution in [0.15, 0.2) is 42.5 Å². The number of rotatable bonds is 5. The SMILES string of the molecule is CC.CC.Cc1ccc(OS(C)=O)c(C(=O)NCc2ccc(F)cc2)c1.O.[HH]. The van der Waals surface area contributed by atoms with Gasteiger partial charge in [-0.1, -0.05) is 51.5 Å². The van der Waals surface area contributed by atoms with E-state index in [1.165, 1.54) is 18.4 Å². The van der Waals surface area contributed by atoms with Gasteiger partial charge < -0.3 is 15.0 Å². The lowest BCUT2D eigenvalue weighted by atomic mass is 10.1. The summed E-state index contributed by atoms with van der Waals surface area (Å²) in [7, 11) is 0. The van der Waals surface area contributed by atoms with Gasteiger partial charge >= 0.3 is 0 Å². The first-order chi connectivity index (χ1) is 12.5. The highest BCUT2D eigenvalue weighted by molar-refractivity contribution is 7.79. The van der Waals surface area contributed by atoms with E-state index in [1.54, 1.807) is 30.3 Å². The average Bonchev–Trinajstić information content (AvgIpc) is 2.65. The summed E-state index contributed by atoms with van der Waals surface area (Å²) in [4.78, 5) is 12.3. The summed E-state index contributed by atoms with van der Waals surface area (Å²) in [5.74, 6) is -0.397. The van der Waals surface area contributed by atoms with Gasteiger partial charge in [-0.15, -0.1) is 0 Å². The van der Waals surface area contributed by atoms with E-state index in [4.69, 9.17) is 4.18 Å². The number of carbonyl (C=O) groups is 1. The number of halogens is 1. The topological polar surface area (TPSA) is 86.9 Å². The minimum Gasteiger partial charge on any atom is -0.412 e. The van der Waals surface area contributed by atoms with Crippen molar-refractivity contribution in [1.82, 2.24) is 5.32 Å². The Kier molecular flexibility index (Phi) is 14.9. The second kappa shape index (κ2) is 14.9. The van der Waals surface area contributed by atoms with Crippen molar-refractivity contribution >= 4 is 17.0 Å². The standard InChI is InChI=1S/C16H16FNO3S.2C2H6.H2O.H2/c1-11-3-8-15(21-22(2)20)14(9-11)16(19)18-10-12-4-6-13(17)7-5-12;2*1-2;;/h3-9H,10H2,1-2H3,(H,18,19);2*1-2H3;1H2;1H. The van der Waals surface area contributed by atoms with Crippen molar-refractivity contribution in [3.8, 4) is 5.75 Å². The molecule has 27 heavy (non-hydrogen) atoms. The Morgan fingerprint density at radius 2 is 1.67 bits per heavy atom. The summed E-state index contributed by atoms with van der Waals surface area (Å²) in [5.41, 5.74) is 1.99. The van der Waals surface area contributed by atoms with Crippen LogP contribution in [0, 0.1) is 12.7 Å². The fraction of sp³-hybridized carbons (Fsp3) is 0.350. The molecule has 0 aliphatic carbocycles. The third-order valence-corrected chi connectivity index (χ3v) is 3.37. The van der Waals surface area contributed by atoms with Gasteiger partial charge in [0.25, 0.3) is 5.91 Å². The zero-order valence-corrected chi connectivity index (χ0v) is 17.6. The Morgan fingerprint density at radius 1 is 1.11 bits per heavy atom. The molecule has 0 spiro atoms. The Bertz CT molecular complexity index is 712. The van der Waals surface area contributed by atoms with Crippen molar-refractivity contribution in [1.29, 1.82) is 0 Å². The van der Waals surface area contributed by atoms with E-state index in [-0.39, 0.29) is 30.9 Å². The van der Waals surface area contributed by atoms with E-state index in [2.05, 4.69) is 5.32 Å². The van der Waals surface area contributed by atoms with Gasteiger partial charge in [-0.05, 0) is 36.8 Å². The van der Waals surface area contributed by atoms with Crippen LogP contribution in [0.1, 0.15) is 50.6 Å². The van der Waals surface area contributed by atoms with Crippen LogP contribution in [0.5, 0.6) is 5.75 Å². The molecule has 2 aromatic carbocycles. The molecule has 0 bridgehead atoms. The largest absolute Gasteiger partial charge is 0.412 e. The van der Waals surface area contributed by atoms with Crippen molar-refractivity contribution in [3.05, 3.63) is 65.0 Å². The van der Waals surface area contributed by atoms with E-state index in [0.717, 1.165) is 11.1 Å². The van der Waals surface area contributed by atoms with Crippen LogP contribution >= 0.6 is 0 Å². The molecule has 2 rings (SSSR count). The molecular weight excluding hydrogens is 369 g/mol. The van der Waals surface area contributed by atoms with Gasteiger partial charge in [-0.2, -0.15) is 0 Å². The highest BCUT2D eigenvalue weighted by Gasteiger charge is 2.14. The third kappa shape index (κ3) is 9.86. The average molecular weight is 402 g/mol. The zero-order chi connectivity index (χ0) is 20.1. The van der Waals surface area contributed by atoms with Crippen LogP contribution in [0.25, 0.3) is 0 Å². The molecule has 154 valence electrons. The van der Waals surface area contributed by atoms with Gasteiger partial charge in [0, 0.05) is 14.2 Å². The van der Waals surface area contributed by atoms with E-state index >= 15 is 0 Å². The van der Waals surface area contributed by atoms with Gasteiger partial charge in [0.2, 0.25) is 11.1 Å². The number of amides is 1. The Hall–Kier alpha value is -2.25. The van der Waals surface area contributed by atoms with E-state index in [9.17, 15) is 13.4 Å². The summed E-state index contributed by atoms with van der Waals surface area (Å²) in [5, 5.41) is 2.74. The van der Waals surface area contributed by atoms with Crippen LogP contribution in [0.4, 0.5) is 4.39 Å². The first-order valence-corrected chi connectivity index (χ1v) is 10.1.